The van der Waals surface area contributed by atoms with Crippen molar-refractivity contribution in [3.05, 3.63) is 83.3 Å². The van der Waals surface area contributed by atoms with E-state index in [1.165, 1.54) is 17.8 Å². The van der Waals surface area contributed by atoms with Gasteiger partial charge in [-0.2, -0.15) is 8.78 Å². The summed E-state index contributed by atoms with van der Waals surface area (Å²) in [6, 6.07) is 14.1. The van der Waals surface area contributed by atoms with Crippen LogP contribution in [0.2, 0.25) is 0 Å². The van der Waals surface area contributed by atoms with E-state index < -0.39 is 12.5 Å². The first-order valence-corrected chi connectivity index (χ1v) is 12.2. The van der Waals surface area contributed by atoms with Gasteiger partial charge in [-0.1, -0.05) is 30.3 Å². The smallest absolute Gasteiger partial charge is 0.388 e. The van der Waals surface area contributed by atoms with E-state index in [2.05, 4.69) is 25.1 Å². The van der Waals surface area contributed by atoms with Gasteiger partial charge in [-0.3, -0.25) is 24.2 Å². The maximum Gasteiger partial charge on any atom is 0.388 e. The number of piperidine rings is 1. The van der Waals surface area contributed by atoms with E-state index in [0.29, 0.717) is 30.6 Å². The SMILES string of the molecule is Cc1cc(C(=O)N2CC[C@@H](NC(=O)c3cc(OC(F)F)nn3C)[C@@H](c3ccccc3)C2)cc2nccnc12. The summed E-state index contributed by atoms with van der Waals surface area (Å²) in [5.41, 5.74) is 3.88. The van der Waals surface area contributed by atoms with Gasteiger partial charge in [0.15, 0.2) is 0 Å². The minimum absolute atomic E-state index is 0.0960. The summed E-state index contributed by atoms with van der Waals surface area (Å²) >= 11 is 0. The fraction of sp³-hybridized carbons (Fsp3) is 0.296. The molecule has 1 saturated heterocycles. The van der Waals surface area contributed by atoms with Gasteiger partial charge in [0, 0.05) is 56.1 Å². The Hall–Kier alpha value is -4.41. The minimum atomic E-state index is -3.04. The summed E-state index contributed by atoms with van der Waals surface area (Å²) in [6.07, 6.45) is 3.72. The molecule has 196 valence electrons. The van der Waals surface area contributed by atoms with E-state index in [9.17, 15) is 18.4 Å². The number of hydrogen-bond acceptors (Lipinski definition) is 6. The molecule has 3 heterocycles. The van der Waals surface area contributed by atoms with Gasteiger partial charge in [0.2, 0.25) is 5.88 Å². The van der Waals surface area contributed by atoms with Gasteiger partial charge in [-0.05, 0) is 36.6 Å². The van der Waals surface area contributed by atoms with Crippen LogP contribution in [0.1, 0.15) is 44.3 Å². The molecule has 4 aromatic rings. The monoisotopic (exact) mass is 520 g/mol. The van der Waals surface area contributed by atoms with Crippen LogP contribution in [-0.2, 0) is 7.05 Å². The van der Waals surface area contributed by atoms with Crippen molar-refractivity contribution in [3.8, 4) is 5.88 Å². The van der Waals surface area contributed by atoms with Crippen LogP contribution in [0.4, 0.5) is 8.78 Å². The van der Waals surface area contributed by atoms with Gasteiger partial charge >= 0.3 is 6.61 Å². The number of ether oxygens (including phenoxy) is 1. The molecule has 1 aliphatic heterocycles. The van der Waals surface area contributed by atoms with Crippen molar-refractivity contribution in [2.45, 2.75) is 31.9 Å². The fourth-order valence-electron chi connectivity index (χ4n) is 4.95. The Morgan fingerprint density at radius 3 is 2.63 bits per heavy atom. The molecule has 38 heavy (non-hydrogen) atoms. The van der Waals surface area contributed by atoms with Gasteiger partial charge in [-0.25, -0.2) is 0 Å². The molecule has 2 aromatic carbocycles. The van der Waals surface area contributed by atoms with Crippen molar-refractivity contribution >= 4 is 22.8 Å². The lowest BCUT2D eigenvalue weighted by Gasteiger charge is -2.39. The number of carbonyl (C=O) groups excluding carboxylic acids is 2. The van der Waals surface area contributed by atoms with Crippen molar-refractivity contribution < 1.29 is 23.1 Å². The number of fused-ring (bicyclic) bond motifs is 1. The highest BCUT2D eigenvalue weighted by Gasteiger charge is 2.34. The number of halogens is 2. The van der Waals surface area contributed by atoms with Crippen LogP contribution in [0.5, 0.6) is 5.88 Å². The molecule has 2 aromatic heterocycles. The molecule has 11 heteroatoms. The van der Waals surface area contributed by atoms with Crippen LogP contribution in [0.25, 0.3) is 11.0 Å². The number of aryl methyl sites for hydroxylation is 2. The van der Waals surface area contributed by atoms with Crippen molar-refractivity contribution in [1.29, 1.82) is 0 Å². The zero-order chi connectivity index (χ0) is 26.8. The maximum absolute atomic E-state index is 13.6. The molecule has 2 amide bonds. The number of likely N-dealkylation sites (tertiary alicyclic amines) is 1. The highest BCUT2D eigenvalue weighted by molar-refractivity contribution is 5.98. The van der Waals surface area contributed by atoms with Gasteiger partial charge in [-0.15, -0.1) is 5.10 Å². The van der Waals surface area contributed by atoms with Crippen molar-refractivity contribution in [2.75, 3.05) is 13.1 Å². The molecular formula is C27H26F2N6O3. The van der Waals surface area contributed by atoms with Gasteiger partial charge < -0.3 is 15.0 Å². The lowest BCUT2D eigenvalue weighted by molar-refractivity contribution is -0.0531. The van der Waals surface area contributed by atoms with Crippen LogP contribution in [0, 0.1) is 6.92 Å². The lowest BCUT2D eigenvalue weighted by atomic mass is 9.85. The predicted octanol–water partition coefficient (Wildman–Crippen LogP) is 3.70. The molecule has 0 bridgehead atoms. The first kappa shape index (κ1) is 25.2. The van der Waals surface area contributed by atoms with Crippen molar-refractivity contribution in [2.24, 2.45) is 7.05 Å². The second-order valence-electron chi connectivity index (χ2n) is 9.22. The summed E-state index contributed by atoms with van der Waals surface area (Å²) < 4.78 is 30.7. The van der Waals surface area contributed by atoms with Crippen LogP contribution in [-0.4, -0.2) is 62.2 Å². The summed E-state index contributed by atoms with van der Waals surface area (Å²) in [6.45, 7) is -0.325. The third-order valence-electron chi connectivity index (χ3n) is 6.76. The second kappa shape index (κ2) is 10.5. The van der Waals surface area contributed by atoms with E-state index in [0.717, 1.165) is 16.6 Å². The normalized spacial score (nSPS) is 17.6. The standard InChI is InChI=1S/C27H26F2N6O3/c1-16-12-18(13-21-24(16)31-10-9-30-21)26(37)35-11-8-20(19(15-35)17-6-4-3-5-7-17)32-25(36)22-14-23(33-34(22)2)38-27(28)29/h3-7,9-10,12-14,19-20,27H,8,11,15H2,1-2H3,(H,32,36)/t19-,20-/m1/s1. The van der Waals surface area contributed by atoms with E-state index in [1.807, 2.05) is 43.3 Å². The van der Waals surface area contributed by atoms with E-state index in [4.69, 9.17) is 0 Å². The average Bonchev–Trinajstić information content (AvgIpc) is 3.28. The number of amides is 2. The highest BCUT2D eigenvalue weighted by atomic mass is 19.3. The minimum Gasteiger partial charge on any atom is -0.415 e. The molecule has 0 spiro atoms. The Balaban J connectivity index is 1.38. The number of benzene rings is 2. The molecule has 1 aliphatic rings. The lowest BCUT2D eigenvalue weighted by Crippen LogP contribution is -2.51. The summed E-state index contributed by atoms with van der Waals surface area (Å²) in [5.74, 6) is -1.10. The van der Waals surface area contributed by atoms with Crippen molar-refractivity contribution in [1.82, 2.24) is 30.0 Å². The van der Waals surface area contributed by atoms with Crippen molar-refractivity contribution in [3.63, 3.8) is 0 Å². The summed E-state index contributed by atoms with van der Waals surface area (Å²) in [5, 5.41) is 6.86. The first-order valence-electron chi connectivity index (χ1n) is 12.2. The summed E-state index contributed by atoms with van der Waals surface area (Å²) in [4.78, 5) is 37.2. The number of carbonyl (C=O) groups is 2. The first-order chi connectivity index (χ1) is 18.3. The molecule has 2 atom stereocenters. The fourth-order valence-corrected chi connectivity index (χ4v) is 4.95. The third-order valence-corrected chi connectivity index (χ3v) is 6.76. The Morgan fingerprint density at radius 2 is 1.87 bits per heavy atom. The van der Waals surface area contributed by atoms with Crippen LogP contribution in [0.15, 0.2) is 60.9 Å². The van der Waals surface area contributed by atoms with E-state index in [1.54, 1.807) is 23.4 Å². The predicted molar refractivity (Wildman–Crippen MR) is 135 cm³/mol. The number of nitrogens with zero attached hydrogens (tertiary/aromatic N) is 5. The molecule has 1 fully saturated rings. The Bertz CT molecular complexity index is 1480. The quantitative estimate of drug-likeness (QED) is 0.416. The molecule has 9 nitrogen and oxygen atoms in total. The average molecular weight is 521 g/mol. The third kappa shape index (κ3) is 5.17. The molecule has 0 saturated carbocycles. The van der Waals surface area contributed by atoms with Gasteiger partial charge in [0.05, 0.1) is 11.0 Å². The van der Waals surface area contributed by atoms with Gasteiger partial charge in [0.25, 0.3) is 11.8 Å². The second-order valence-corrected chi connectivity index (χ2v) is 9.22. The number of alkyl halides is 2. The zero-order valence-electron chi connectivity index (χ0n) is 20.8. The Labute approximate surface area is 217 Å². The van der Waals surface area contributed by atoms with Gasteiger partial charge in [0.1, 0.15) is 5.69 Å². The van der Waals surface area contributed by atoms with E-state index in [-0.39, 0.29) is 29.4 Å². The molecular weight excluding hydrogens is 494 g/mol. The molecule has 0 radical (unpaired) electrons. The van der Waals surface area contributed by atoms with Crippen LogP contribution < -0.4 is 10.1 Å². The molecule has 0 aliphatic carbocycles. The zero-order valence-corrected chi connectivity index (χ0v) is 20.8. The number of hydrogen-bond donors (Lipinski definition) is 1. The highest BCUT2D eigenvalue weighted by Crippen LogP contribution is 2.29. The van der Waals surface area contributed by atoms with E-state index >= 15 is 0 Å². The Kier molecular flexibility index (Phi) is 6.99. The summed E-state index contributed by atoms with van der Waals surface area (Å²) in [7, 11) is 1.49. The molecule has 1 N–H and O–H groups in total. The van der Waals surface area contributed by atoms with Crippen LogP contribution >= 0.6 is 0 Å². The topological polar surface area (TPSA) is 102 Å². The molecule has 0 unspecified atom stereocenters. The number of rotatable bonds is 6. The Morgan fingerprint density at radius 1 is 1.11 bits per heavy atom. The number of nitrogens with one attached hydrogen (secondary N) is 1. The largest absolute Gasteiger partial charge is 0.415 e. The van der Waals surface area contributed by atoms with Crippen LogP contribution in [0.3, 0.4) is 0 Å². The number of aromatic nitrogens is 4. The molecule has 5 rings (SSSR count). The maximum atomic E-state index is 13.6.